The highest BCUT2D eigenvalue weighted by atomic mass is 35.5. The third-order valence-electron chi connectivity index (χ3n) is 5.78. The van der Waals surface area contributed by atoms with Crippen LogP contribution in [-0.4, -0.2) is 35.6 Å². The first-order valence-electron chi connectivity index (χ1n) is 10.7. The van der Waals surface area contributed by atoms with Crippen molar-refractivity contribution in [3.05, 3.63) is 99.5 Å². The first-order chi connectivity index (χ1) is 15.9. The number of benzene rings is 3. The third-order valence-corrected chi connectivity index (χ3v) is 6.34. The smallest absolute Gasteiger partial charge is 0.255 e. The Hall–Kier alpha value is -3.15. The summed E-state index contributed by atoms with van der Waals surface area (Å²) in [4.78, 5) is 40.5. The lowest BCUT2D eigenvalue weighted by Crippen LogP contribution is -2.41. The normalized spacial score (nSPS) is 14.1. The van der Waals surface area contributed by atoms with Gasteiger partial charge in [-0.1, -0.05) is 65.7 Å². The van der Waals surface area contributed by atoms with Crippen LogP contribution in [0.1, 0.15) is 39.1 Å². The number of piperidine rings is 1. The number of amides is 2. The molecule has 1 aliphatic rings. The van der Waals surface area contributed by atoms with Crippen LogP contribution in [0.4, 0.5) is 5.69 Å². The molecule has 4 rings (SSSR count). The lowest BCUT2D eigenvalue weighted by atomic mass is 9.94. The summed E-state index contributed by atoms with van der Waals surface area (Å²) in [5.74, 6) is -0.790. The number of ketones is 1. The van der Waals surface area contributed by atoms with Crippen LogP contribution >= 0.6 is 23.2 Å². The lowest BCUT2D eigenvalue weighted by molar-refractivity contribution is -0.121. The summed E-state index contributed by atoms with van der Waals surface area (Å²) in [6.45, 7) is 0.914. The largest absolute Gasteiger partial charge is 0.339 e. The van der Waals surface area contributed by atoms with E-state index in [0.717, 1.165) is 0 Å². The van der Waals surface area contributed by atoms with Crippen molar-refractivity contribution in [2.24, 2.45) is 5.92 Å². The third kappa shape index (κ3) is 5.27. The molecule has 3 aromatic carbocycles. The van der Waals surface area contributed by atoms with Gasteiger partial charge in [-0.2, -0.15) is 0 Å². The van der Waals surface area contributed by atoms with Crippen molar-refractivity contribution < 1.29 is 14.4 Å². The molecule has 0 aromatic heterocycles. The number of anilines is 1. The fourth-order valence-corrected chi connectivity index (χ4v) is 4.33. The standard InChI is InChI=1S/C26H22Cl2N2O3/c27-19-10-11-23(21(16-19)24(31)17-6-2-1-3-7-17)29-25(32)18-12-14-30(15-13-18)26(33)20-8-4-5-9-22(20)28/h1-11,16,18H,12-15H2,(H,29,32). The monoisotopic (exact) mass is 480 g/mol. The maximum absolute atomic E-state index is 13.0. The van der Waals surface area contributed by atoms with Crippen molar-refractivity contribution in [3.8, 4) is 0 Å². The number of hydrogen-bond donors (Lipinski definition) is 1. The minimum absolute atomic E-state index is 0.132. The highest BCUT2D eigenvalue weighted by Crippen LogP contribution is 2.27. The highest BCUT2D eigenvalue weighted by molar-refractivity contribution is 6.33. The molecule has 3 aromatic rings. The van der Waals surface area contributed by atoms with Gasteiger partial charge in [-0.15, -0.1) is 0 Å². The number of rotatable bonds is 5. The van der Waals surface area contributed by atoms with Gasteiger partial charge in [-0.3, -0.25) is 14.4 Å². The van der Waals surface area contributed by atoms with Crippen LogP contribution in [0.3, 0.4) is 0 Å². The Labute approximate surface area is 202 Å². The van der Waals surface area contributed by atoms with E-state index < -0.39 is 0 Å². The minimum Gasteiger partial charge on any atom is -0.339 e. The molecule has 33 heavy (non-hydrogen) atoms. The number of carbonyl (C=O) groups excluding carboxylic acids is 3. The van der Waals surface area contributed by atoms with Crippen molar-refractivity contribution in [1.29, 1.82) is 0 Å². The second-order valence-electron chi connectivity index (χ2n) is 7.92. The topological polar surface area (TPSA) is 66.5 Å². The van der Waals surface area contributed by atoms with Crippen LogP contribution in [0, 0.1) is 5.92 Å². The molecular weight excluding hydrogens is 459 g/mol. The molecule has 0 atom stereocenters. The molecule has 5 nitrogen and oxygen atoms in total. The molecule has 0 radical (unpaired) electrons. The molecule has 1 saturated heterocycles. The first kappa shape index (κ1) is 23.0. The minimum atomic E-state index is -0.268. The molecule has 0 saturated carbocycles. The molecule has 0 bridgehead atoms. The molecule has 2 amide bonds. The Kier molecular flexibility index (Phi) is 7.11. The van der Waals surface area contributed by atoms with Gasteiger partial charge in [0.1, 0.15) is 0 Å². The molecule has 1 fully saturated rings. The van der Waals surface area contributed by atoms with Gasteiger partial charge >= 0.3 is 0 Å². The fraction of sp³-hybridized carbons (Fsp3) is 0.192. The zero-order valence-corrected chi connectivity index (χ0v) is 19.3. The number of nitrogens with zero attached hydrogens (tertiary/aromatic N) is 1. The highest BCUT2D eigenvalue weighted by Gasteiger charge is 2.29. The van der Waals surface area contributed by atoms with Crippen LogP contribution in [0.25, 0.3) is 0 Å². The molecule has 1 aliphatic heterocycles. The average molecular weight is 481 g/mol. The molecule has 1 heterocycles. The average Bonchev–Trinajstić information content (AvgIpc) is 2.85. The number of carbonyl (C=O) groups is 3. The van der Waals surface area contributed by atoms with Gasteiger partial charge in [0.15, 0.2) is 5.78 Å². The van der Waals surface area contributed by atoms with Crippen molar-refractivity contribution in [2.45, 2.75) is 12.8 Å². The van der Waals surface area contributed by atoms with E-state index >= 15 is 0 Å². The van der Waals surface area contributed by atoms with Gasteiger partial charge in [0, 0.05) is 35.2 Å². The predicted octanol–water partition coefficient (Wildman–Crippen LogP) is 5.72. The number of likely N-dealkylation sites (tertiary alicyclic amines) is 1. The molecular formula is C26H22Cl2N2O3. The van der Waals surface area contributed by atoms with Crippen LogP contribution < -0.4 is 5.32 Å². The Bertz CT molecular complexity index is 1190. The Morgan fingerprint density at radius 1 is 0.818 bits per heavy atom. The van der Waals surface area contributed by atoms with E-state index in [1.807, 2.05) is 6.07 Å². The molecule has 7 heteroatoms. The van der Waals surface area contributed by atoms with Gasteiger partial charge in [0.2, 0.25) is 5.91 Å². The van der Waals surface area contributed by atoms with Gasteiger partial charge in [0.25, 0.3) is 5.91 Å². The van der Waals surface area contributed by atoms with E-state index in [1.54, 1.807) is 71.6 Å². The Balaban J connectivity index is 1.43. The van der Waals surface area contributed by atoms with Crippen LogP contribution in [0.15, 0.2) is 72.8 Å². The molecule has 0 aliphatic carbocycles. The zero-order valence-electron chi connectivity index (χ0n) is 17.8. The van der Waals surface area contributed by atoms with Crippen LogP contribution in [-0.2, 0) is 4.79 Å². The zero-order chi connectivity index (χ0) is 23.4. The van der Waals surface area contributed by atoms with Crippen molar-refractivity contribution >= 4 is 46.5 Å². The fourth-order valence-electron chi connectivity index (χ4n) is 3.94. The Morgan fingerprint density at radius 3 is 2.18 bits per heavy atom. The second kappa shape index (κ2) is 10.2. The van der Waals surface area contributed by atoms with Crippen molar-refractivity contribution in [2.75, 3.05) is 18.4 Å². The van der Waals surface area contributed by atoms with E-state index in [9.17, 15) is 14.4 Å². The summed E-state index contributed by atoms with van der Waals surface area (Å²) >= 11 is 12.3. The molecule has 0 spiro atoms. The van der Waals surface area contributed by atoms with Crippen LogP contribution in [0.5, 0.6) is 0 Å². The van der Waals surface area contributed by atoms with E-state index in [2.05, 4.69) is 5.32 Å². The Morgan fingerprint density at radius 2 is 1.48 bits per heavy atom. The maximum Gasteiger partial charge on any atom is 0.255 e. The summed E-state index contributed by atoms with van der Waals surface area (Å²) in [6, 6.07) is 20.7. The second-order valence-corrected chi connectivity index (χ2v) is 8.76. The lowest BCUT2D eigenvalue weighted by Gasteiger charge is -2.31. The number of nitrogens with one attached hydrogen (secondary N) is 1. The quantitative estimate of drug-likeness (QED) is 0.475. The summed E-state index contributed by atoms with van der Waals surface area (Å²) in [5.41, 5.74) is 1.75. The summed E-state index contributed by atoms with van der Waals surface area (Å²) in [5, 5.41) is 3.73. The van der Waals surface area contributed by atoms with Gasteiger partial charge in [0.05, 0.1) is 16.3 Å². The van der Waals surface area contributed by atoms with Crippen molar-refractivity contribution in [3.63, 3.8) is 0 Å². The predicted molar refractivity (Wildman–Crippen MR) is 130 cm³/mol. The summed E-state index contributed by atoms with van der Waals surface area (Å²) in [7, 11) is 0. The summed E-state index contributed by atoms with van der Waals surface area (Å²) in [6.07, 6.45) is 1.05. The SMILES string of the molecule is O=C(c1ccccc1)c1cc(Cl)ccc1NC(=O)C1CCN(C(=O)c2ccccc2Cl)CC1. The molecule has 0 unspecified atom stereocenters. The van der Waals surface area contributed by atoms with Crippen molar-refractivity contribution in [1.82, 2.24) is 4.90 Å². The van der Waals surface area contributed by atoms with Gasteiger partial charge < -0.3 is 10.2 Å². The summed E-state index contributed by atoms with van der Waals surface area (Å²) < 4.78 is 0. The number of hydrogen-bond acceptors (Lipinski definition) is 3. The van der Waals surface area contributed by atoms with E-state index in [0.29, 0.717) is 58.4 Å². The molecule has 1 N–H and O–H groups in total. The van der Waals surface area contributed by atoms with E-state index in [1.165, 1.54) is 0 Å². The van der Waals surface area contributed by atoms with Crippen LogP contribution in [0.2, 0.25) is 10.0 Å². The van der Waals surface area contributed by atoms with Gasteiger partial charge in [-0.25, -0.2) is 0 Å². The van der Waals surface area contributed by atoms with E-state index in [4.69, 9.17) is 23.2 Å². The molecule has 168 valence electrons. The first-order valence-corrected chi connectivity index (χ1v) is 11.4. The van der Waals surface area contributed by atoms with E-state index in [-0.39, 0.29) is 23.5 Å². The maximum atomic E-state index is 13.0. The van der Waals surface area contributed by atoms with Gasteiger partial charge in [-0.05, 0) is 43.2 Å². The number of halogens is 2.